The molecule has 0 radical (unpaired) electrons. The fraction of sp³-hybridized carbons (Fsp3) is 0.500. The molecule has 76 valence electrons. The first kappa shape index (κ1) is 9.66. The molecule has 0 saturated heterocycles. The van der Waals surface area contributed by atoms with Crippen molar-refractivity contribution in [2.75, 3.05) is 6.54 Å². The van der Waals surface area contributed by atoms with Crippen LogP contribution in [0.1, 0.15) is 18.1 Å². The number of hydrogen-bond acceptors (Lipinski definition) is 1. The van der Waals surface area contributed by atoms with Gasteiger partial charge in [-0.15, -0.1) is 0 Å². The van der Waals surface area contributed by atoms with Crippen molar-refractivity contribution < 1.29 is 4.39 Å². The lowest BCUT2D eigenvalue weighted by atomic mass is 9.91. The highest BCUT2D eigenvalue weighted by molar-refractivity contribution is 5.33. The van der Waals surface area contributed by atoms with Gasteiger partial charge in [0, 0.05) is 0 Å². The fourth-order valence-electron chi connectivity index (χ4n) is 2.23. The van der Waals surface area contributed by atoms with Gasteiger partial charge in [0.2, 0.25) is 0 Å². The minimum absolute atomic E-state index is 0.0470. The van der Waals surface area contributed by atoms with Gasteiger partial charge in [-0.25, -0.2) is 4.39 Å². The van der Waals surface area contributed by atoms with E-state index in [4.69, 9.17) is 5.73 Å². The van der Waals surface area contributed by atoms with Crippen molar-refractivity contribution in [2.24, 2.45) is 17.6 Å². The molecule has 0 aliphatic heterocycles. The molecule has 14 heavy (non-hydrogen) atoms. The van der Waals surface area contributed by atoms with Crippen LogP contribution in [0.5, 0.6) is 0 Å². The number of benzene rings is 1. The molecule has 0 aromatic heterocycles. The maximum atomic E-state index is 13.4. The average Bonchev–Trinajstić information content (AvgIpc) is 2.62. The monoisotopic (exact) mass is 193 g/mol. The van der Waals surface area contributed by atoms with E-state index in [1.807, 2.05) is 6.07 Å². The largest absolute Gasteiger partial charge is 0.330 e. The van der Waals surface area contributed by atoms with E-state index >= 15 is 0 Å². The van der Waals surface area contributed by atoms with Crippen LogP contribution in [0.2, 0.25) is 0 Å². The summed E-state index contributed by atoms with van der Waals surface area (Å²) in [6.45, 7) is 2.84. The van der Waals surface area contributed by atoms with Gasteiger partial charge in [0.1, 0.15) is 5.82 Å². The smallest absolute Gasteiger partial charge is 0.126 e. The van der Waals surface area contributed by atoms with Crippen molar-refractivity contribution >= 4 is 0 Å². The number of fused-ring (bicyclic) bond motifs is 1. The maximum absolute atomic E-state index is 13.4. The molecule has 2 unspecified atom stereocenters. The molecule has 0 fully saturated rings. The Hall–Kier alpha value is -0.890. The van der Waals surface area contributed by atoms with Gasteiger partial charge in [-0.05, 0) is 48.4 Å². The summed E-state index contributed by atoms with van der Waals surface area (Å²) in [6, 6.07) is 5.37. The van der Waals surface area contributed by atoms with Gasteiger partial charge in [0.15, 0.2) is 0 Å². The first-order chi connectivity index (χ1) is 6.72. The number of nitrogens with two attached hydrogens (primary N) is 1. The maximum Gasteiger partial charge on any atom is 0.126 e. The van der Waals surface area contributed by atoms with E-state index in [1.165, 1.54) is 5.56 Å². The Morgan fingerprint density at radius 3 is 2.93 bits per heavy atom. The first-order valence-electron chi connectivity index (χ1n) is 5.18. The van der Waals surface area contributed by atoms with Crippen LogP contribution >= 0.6 is 0 Å². The van der Waals surface area contributed by atoms with Crippen molar-refractivity contribution in [1.29, 1.82) is 0 Å². The molecule has 2 N–H and O–H groups in total. The van der Waals surface area contributed by atoms with Crippen molar-refractivity contribution in [1.82, 2.24) is 0 Å². The van der Waals surface area contributed by atoms with Gasteiger partial charge < -0.3 is 5.73 Å². The van der Waals surface area contributed by atoms with Crippen LogP contribution in [0.3, 0.4) is 0 Å². The lowest BCUT2D eigenvalue weighted by Gasteiger charge is -2.15. The molecule has 2 rings (SSSR count). The molecule has 1 aromatic carbocycles. The molecule has 0 bridgehead atoms. The minimum atomic E-state index is -0.0470. The van der Waals surface area contributed by atoms with Gasteiger partial charge >= 0.3 is 0 Å². The highest BCUT2D eigenvalue weighted by Gasteiger charge is 2.27. The zero-order chi connectivity index (χ0) is 10.1. The van der Waals surface area contributed by atoms with Gasteiger partial charge in [-0.1, -0.05) is 19.1 Å². The fourth-order valence-corrected chi connectivity index (χ4v) is 2.23. The van der Waals surface area contributed by atoms with E-state index in [2.05, 4.69) is 6.92 Å². The summed E-state index contributed by atoms with van der Waals surface area (Å²) in [4.78, 5) is 0. The Bertz CT molecular complexity index is 335. The van der Waals surface area contributed by atoms with Crippen molar-refractivity contribution in [3.63, 3.8) is 0 Å². The van der Waals surface area contributed by atoms with E-state index in [9.17, 15) is 4.39 Å². The third-order valence-corrected chi connectivity index (χ3v) is 3.34. The van der Waals surface area contributed by atoms with Crippen LogP contribution in [0, 0.1) is 17.7 Å². The van der Waals surface area contributed by atoms with E-state index in [0.29, 0.717) is 18.4 Å². The van der Waals surface area contributed by atoms with E-state index in [-0.39, 0.29) is 5.82 Å². The zero-order valence-corrected chi connectivity index (χ0v) is 8.46. The molecule has 0 spiro atoms. The molecule has 1 aliphatic carbocycles. The summed E-state index contributed by atoms with van der Waals surface area (Å²) >= 11 is 0. The topological polar surface area (TPSA) is 26.0 Å². The highest BCUT2D eigenvalue weighted by atomic mass is 19.1. The number of rotatable bonds is 2. The van der Waals surface area contributed by atoms with Crippen LogP contribution in [0.4, 0.5) is 4.39 Å². The molecule has 2 heteroatoms. The Morgan fingerprint density at radius 2 is 2.29 bits per heavy atom. The second kappa shape index (κ2) is 3.70. The molecule has 2 atom stereocenters. The summed E-state index contributed by atoms with van der Waals surface area (Å²) in [5.74, 6) is 0.975. The number of halogens is 1. The van der Waals surface area contributed by atoms with Crippen LogP contribution in [-0.2, 0) is 12.8 Å². The SMILES string of the molecule is CC(CN)C1Cc2cccc(F)c2C1. The minimum Gasteiger partial charge on any atom is -0.330 e. The summed E-state index contributed by atoms with van der Waals surface area (Å²) in [6.07, 6.45) is 1.85. The normalized spacial score (nSPS) is 22.1. The van der Waals surface area contributed by atoms with E-state index in [0.717, 1.165) is 18.4 Å². The first-order valence-corrected chi connectivity index (χ1v) is 5.18. The molecular formula is C12H16FN. The van der Waals surface area contributed by atoms with Gasteiger partial charge in [-0.3, -0.25) is 0 Å². The molecule has 1 aromatic rings. The molecule has 0 amide bonds. The van der Waals surface area contributed by atoms with Crippen LogP contribution in [0.15, 0.2) is 18.2 Å². The average molecular weight is 193 g/mol. The summed E-state index contributed by atoms with van der Waals surface area (Å²) < 4.78 is 13.4. The Balaban J connectivity index is 2.22. The predicted octanol–water partition coefficient (Wildman–Crippen LogP) is 2.14. The second-order valence-electron chi connectivity index (χ2n) is 4.26. The molecule has 1 nitrogen and oxygen atoms in total. The molecular weight excluding hydrogens is 177 g/mol. The summed E-state index contributed by atoms with van der Waals surface area (Å²) in [5.41, 5.74) is 7.72. The lowest BCUT2D eigenvalue weighted by Crippen LogP contribution is -2.20. The van der Waals surface area contributed by atoms with Crippen molar-refractivity contribution in [3.8, 4) is 0 Å². The zero-order valence-electron chi connectivity index (χ0n) is 8.46. The highest BCUT2D eigenvalue weighted by Crippen LogP contribution is 2.32. The Morgan fingerprint density at radius 1 is 1.50 bits per heavy atom. The Kier molecular flexibility index (Phi) is 2.55. The number of hydrogen-bond donors (Lipinski definition) is 1. The summed E-state index contributed by atoms with van der Waals surface area (Å²) in [7, 11) is 0. The molecule has 1 aliphatic rings. The van der Waals surface area contributed by atoms with Crippen molar-refractivity contribution in [2.45, 2.75) is 19.8 Å². The van der Waals surface area contributed by atoms with E-state index in [1.54, 1.807) is 12.1 Å². The predicted molar refractivity (Wildman–Crippen MR) is 55.5 cm³/mol. The van der Waals surface area contributed by atoms with Gasteiger partial charge in [0.05, 0.1) is 0 Å². The van der Waals surface area contributed by atoms with Crippen LogP contribution in [-0.4, -0.2) is 6.54 Å². The third-order valence-electron chi connectivity index (χ3n) is 3.34. The lowest BCUT2D eigenvalue weighted by molar-refractivity contribution is 0.380. The second-order valence-corrected chi connectivity index (χ2v) is 4.26. The molecule has 0 saturated carbocycles. The molecule has 0 heterocycles. The standard InChI is InChI=1S/C12H16FN/c1-8(7-14)10-5-9-3-2-4-12(13)11(9)6-10/h2-4,8,10H,5-7,14H2,1H3. The third kappa shape index (κ3) is 1.55. The van der Waals surface area contributed by atoms with Crippen molar-refractivity contribution in [3.05, 3.63) is 35.1 Å². The Labute approximate surface area is 84.1 Å². The quantitative estimate of drug-likeness (QED) is 0.765. The van der Waals surface area contributed by atoms with Gasteiger partial charge in [0.25, 0.3) is 0 Å². The van der Waals surface area contributed by atoms with Gasteiger partial charge in [-0.2, -0.15) is 0 Å². The van der Waals surface area contributed by atoms with Crippen LogP contribution < -0.4 is 5.73 Å². The van der Waals surface area contributed by atoms with E-state index < -0.39 is 0 Å². The summed E-state index contributed by atoms with van der Waals surface area (Å²) in [5, 5.41) is 0. The van der Waals surface area contributed by atoms with Crippen LogP contribution in [0.25, 0.3) is 0 Å².